The Balaban J connectivity index is 1.99. The van der Waals surface area contributed by atoms with Gasteiger partial charge < -0.3 is 10.4 Å². The molecule has 1 amide bonds. The number of aliphatic carboxylic acids is 1. The number of carbonyl (C=O) groups is 2. The number of carboxylic acid groups (broad SMARTS) is 1. The van der Waals surface area contributed by atoms with Gasteiger partial charge in [0.15, 0.2) is 0 Å². The zero-order valence-electron chi connectivity index (χ0n) is 15.0. The van der Waals surface area contributed by atoms with Gasteiger partial charge in [0.2, 0.25) is 5.91 Å². The normalized spacial score (nSPS) is 17.5. The van der Waals surface area contributed by atoms with E-state index in [0.29, 0.717) is 43.9 Å². The summed E-state index contributed by atoms with van der Waals surface area (Å²) in [6.07, 6.45) is 0. The van der Waals surface area contributed by atoms with Gasteiger partial charge in [-0.2, -0.15) is 0 Å². The van der Waals surface area contributed by atoms with Crippen molar-refractivity contribution in [3.05, 3.63) is 35.1 Å². The van der Waals surface area contributed by atoms with Gasteiger partial charge in [-0.3, -0.25) is 19.4 Å². The minimum absolute atomic E-state index is 0.0209. The lowest BCUT2D eigenvalue weighted by Crippen LogP contribution is -2.51. The standard InChI is InChI=1S/C18H26FN3O3/c1-12(2)20-16(23)11-21-6-8-22(9-7-21)17(18(24)25)14-4-5-15(19)13(3)10-14/h4-5,10,12,17H,6-9,11H2,1-3H3,(H,20,23)(H,24,25)/t17-/m0/s1. The third-order valence-electron chi connectivity index (χ3n) is 4.32. The maximum absolute atomic E-state index is 13.5. The van der Waals surface area contributed by atoms with E-state index in [4.69, 9.17) is 0 Å². The lowest BCUT2D eigenvalue weighted by molar-refractivity contribution is -0.144. The molecule has 0 aromatic heterocycles. The Kier molecular flexibility index (Phi) is 6.50. The second-order valence-electron chi connectivity index (χ2n) is 6.78. The van der Waals surface area contributed by atoms with Crippen molar-refractivity contribution in [1.29, 1.82) is 0 Å². The molecule has 1 aromatic carbocycles. The van der Waals surface area contributed by atoms with Crippen LogP contribution >= 0.6 is 0 Å². The monoisotopic (exact) mass is 351 g/mol. The van der Waals surface area contributed by atoms with Crippen LogP contribution in [0.4, 0.5) is 4.39 Å². The highest BCUT2D eigenvalue weighted by atomic mass is 19.1. The summed E-state index contributed by atoms with van der Waals surface area (Å²) in [6.45, 7) is 8.11. The van der Waals surface area contributed by atoms with Crippen LogP contribution in [-0.4, -0.2) is 65.5 Å². The summed E-state index contributed by atoms with van der Waals surface area (Å²) < 4.78 is 13.5. The Morgan fingerprint density at radius 2 is 1.88 bits per heavy atom. The Hall–Kier alpha value is -1.99. The van der Waals surface area contributed by atoms with Crippen LogP contribution < -0.4 is 5.32 Å². The van der Waals surface area contributed by atoms with Gasteiger partial charge in [-0.1, -0.05) is 12.1 Å². The number of halogens is 1. The van der Waals surface area contributed by atoms with E-state index < -0.39 is 12.0 Å². The number of aryl methyl sites for hydroxylation is 1. The average Bonchev–Trinajstić information content (AvgIpc) is 2.51. The van der Waals surface area contributed by atoms with Gasteiger partial charge in [-0.15, -0.1) is 0 Å². The van der Waals surface area contributed by atoms with Crippen molar-refractivity contribution in [2.75, 3.05) is 32.7 Å². The first-order chi connectivity index (χ1) is 11.8. The molecule has 1 heterocycles. The number of piperazine rings is 1. The first kappa shape index (κ1) is 19.3. The SMILES string of the molecule is Cc1cc([C@@H](C(=O)O)N2CCN(CC(=O)NC(C)C)CC2)ccc1F. The van der Waals surface area contributed by atoms with E-state index in [1.54, 1.807) is 13.0 Å². The molecule has 0 bridgehead atoms. The first-order valence-electron chi connectivity index (χ1n) is 8.52. The molecule has 6 nitrogen and oxygen atoms in total. The quantitative estimate of drug-likeness (QED) is 0.811. The van der Waals surface area contributed by atoms with Gasteiger partial charge in [0.05, 0.1) is 6.54 Å². The van der Waals surface area contributed by atoms with Crippen LogP contribution in [0.5, 0.6) is 0 Å². The maximum atomic E-state index is 13.5. The van der Waals surface area contributed by atoms with Gasteiger partial charge in [-0.25, -0.2) is 4.39 Å². The van der Waals surface area contributed by atoms with Crippen molar-refractivity contribution in [2.45, 2.75) is 32.9 Å². The number of hydrogen-bond acceptors (Lipinski definition) is 4. The van der Waals surface area contributed by atoms with Crippen molar-refractivity contribution >= 4 is 11.9 Å². The van der Waals surface area contributed by atoms with Gasteiger partial charge in [0, 0.05) is 32.2 Å². The fraction of sp³-hybridized carbons (Fsp3) is 0.556. The van der Waals surface area contributed by atoms with Crippen molar-refractivity contribution in [3.8, 4) is 0 Å². The number of nitrogens with one attached hydrogen (secondary N) is 1. The van der Waals surface area contributed by atoms with Gasteiger partial charge in [0.1, 0.15) is 11.9 Å². The van der Waals surface area contributed by atoms with E-state index in [1.807, 2.05) is 23.6 Å². The highest BCUT2D eigenvalue weighted by Gasteiger charge is 2.31. The van der Waals surface area contributed by atoms with Gasteiger partial charge >= 0.3 is 5.97 Å². The molecule has 1 saturated heterocycles. The predicted octanol–water partition coefficient (Wildman–Crippen LogP) is 1.40. The van der Waals surface area contributed by atoms with Gasteiger partial charge in [0.25, 0.3) is 0 Å². The molecule has 138 valence electrons. The Morgan fingerprint density at radius 1 is 1.24 bits per heavy atom. The number of amides is 1. The van der Waals surface area contributed by atoms with Crippen LogP contribution in [0.2, 0.25) is 0 Å². The molecule has 2 rings (SSSR count). The molecule has 1 aromatic rings. The number of carboxylic acids is 1. The van der Waals surface area contributed by atoms with Crippen molar-refractivity contribution < 1.29 is 19.1 Å². The topological polar surface area (TPSA) is 72.9 Å². The summed E-state index contributed by atoms with van der Waals surface area (Å²) in [5.74, 6) is -1.31. The maximum Gasteiger partial charge on any atom is 0.325 e. The van der Waals surface area contributed by atoms with E-state index in [-0.39, 0.29) is 17.8 Å². The molecule has 0 aliphatic carbocycles. The van der Waals surface area contributed by atoms with Crippen LogP contribution in [0, 0.1) is 12.7 Å². The molecule has 0 spiro atoms. The van der Waals surface area contributed by atoms with Crippen molar-refractivity contribution in [2.24, 2.45) is 0 Å². The predicted molar refractivity (Wildman–Crippen MR) is 92.8 cm³/mol. The zero-order chi connectivity index (χ0) is 18.6. The number of nitrogens with zero attached hydrogens (tertiary/aromatic N) is 2. The fourth-order valence-corrected chi connectivity index (χ4v) is 3.10. The molecule has 7 heteroatoms. The number of rotatable bonds is 6. The molecule has 2 N–H and O–H groups in total. The molecule has 1 aliphatic rings. The highest BCUT2D eigenvalue weighted by molar-refractivity contribution is 5.78. The average molecular weight is 351 g/mol. The minimum atomic E-state index is -0.947. The Bertz CT molecular complexity index is 628. The Labute approximate surface area is 147 Å². The number of hydrogen-bond donors (Lipinski definition) is 2. The molecular weight excluding hydrogens is 325 g/mol. The fourth-order valence-electron chi connectivity index (χ4n) is 3.10. The first-order valence-corrected chi connectivity index (χ1v) is 8.52. The lowest BCUT2D eigenvalue weighted by atomic mass is 10.0. The van der Waals surface area contributed by atoms with Crippen LogP contribution in [-0.2, 0) is 9.59 Å². The lowest BCUT2D eigenvalue weighted by Gasteiger charge is -2.37. The molecule has 1 atom stereocenters. The largest absolute Gasteiger partial charge is 0.480 e. The summed E-state index contributed by atoms with van der Waals surface area (Å²) in [5, 5.41) is 12.5. The third-order valence-corrected chi connectivity index (χ3v) is 4.32. The summed E-state index contributed by atoms with van der Waals surface area (Å²) in [7, 11) is 0. The number of benzene rings is 1. The van der Waals surface area contributed by atoms with Gasteiger partial charge in [-0.05, 0) is 38.0 Å². The molecule has 25 heavy (non-hydrogen) atoms. The van der Waals surface area contributed by atoms with E-state index in [0.717, 1.165) is 0 Å². The van der Waals surface area contributed by atoms with E-state index in [2.05, 4.69) is 5.32 Å². The zero-order valence-corrected chi connectivity index (χ0v) is 15.0. The van der Waals surface area contributed by atoms with E-state index in [1.165, 1.54) is 12.1 Å². The minimum Gasteiger partial charge on any atom is -0.480 e. The summed E-state index contributed by atoms with van der Waals surface area (Å²) >= 11 is 0. The second kappa shape index (κ2) is 8.40. The van der Waals surface area contributed by atoms with E-state index >= 15 is 0 Å². The second-order valence-corrected chi connectivity index (χ2v) is 6.78. The highest BCUT2D eigenvalue weighted by Crippen LogP contribution is 2.24. The molecule has 0 saturated carbocycles. The van der Waals surface area contributed by atoms with Crippen LogP contribution in [0.25, 0.3) is 0 Å². The van der Waals surface area contributed by atoms with Crippen molar-refractivity contribution in [3.63, 3.8) is 0 Å². The summed E-state index contributed by atoms with van der Waals surface area (Å²) in [4.78, 5) is 27.5. The van der Waals surface area contributed by atoms with Crippen LogP contribution in [0.3, 0.4) is 0 Å². The molecular formula is C18H26FN3O3. The van der Waals surface area contributed by atoms with Crippen LogP contribution in [0.15, 0.2) is 18.2 Å². The molecule has 0 radical (unpaired) electrons. The smallest absolute Gasteiger partial charge is 0.325 e. The summed E-state index contributed by atoms with van der Waals surface area (Å²) in [5.41, 5.74) is 1.02. The van der Waals surface area contributed by atoms with Crippen molar-refractivity contribution in [1.82, 2.24) is 15.1 Å². The number of carbonyl (C=O) groups excluding carboxylic acids is 1. The summed E-state index contributed by atoms with van der Waals surface area (Å²) in [6, 6.07) is 3.74. The van der Waals surface area contributed by atoms with Crippen LogP contribution in [0.1, 0.15) is 31.0 Å². The third kappa shape index (κ3) is 5.24. The molecule has 1 aliphatic heterocycles. The molecule has 1 fully saturated rings. The molecule has 0 unspecified atom stereocenters. The van der Waals surface area contributed by atoms with E-state index in [9.17, 15) is 19.1 Å². The Morgan fingerprint density at radius 3 is 2.40 bits per heavy atom.